The zero-order valence-corrected chi connectivity index (χ0v) is 9.32. The summed E-state index contributed by atoms with van der Waals surface area (Å²) in [5, 5.41) is 8.28. The van der Waals surface area contributed by atoms with Crippen LogP contribution in [0, 0.1) is 12.3 Å². The summed E-state index contributed by atoms with van der Waals surface area (Å²) in [6.45, 7) is 4.07. The Morgan fingerprint density at radius 3 is 2.86 bits per heavy atom. The van der Waals surface area contributed by atoms with Crippen molar-refractivity contribution in [3.63, 3.8) is 0 Å². The summed E-state index contributed by atoms with van der Waals surface area (Å²) < 4.78 is 0. The van der Waals surface area contributed by atoms with Crippen molar-refractivity contribution in [1.82, 2.24) is 4.98 Å². The van der Waals surface area contributed by atoms with Crippen LogP contribution in [0.3, 0.4) is 0 Å². The molecule has 0 bridgehead atoms. The summed E-state index contributed by atoms with van der Waals surface area (Å²) in [4.78, 5) is 4.37. The first kappa shape index (κ1) is 11.0. The normalized spacial score (nSPS) is 10.1. The fourth-order valence-corrected chi connectivity index (χ4v) is 1.99. The molecule has 0 fully saturated rings. The number of pyridine rings is 1. The first-order valence-electron chi connectivity index (χ1n) is 4.60. The van der Waals surface area contributed by atoms with Crippen LogP contribution in [0.5, 0.6) is 0 Å². The van der Waals surface area contributed by atoms with Crippen molar-refractivity contribution in [2.24, 2.45) is 5.73 Å². The highest BCUT2D eigenvalue weighted by Gasteiger charge is 2.06. The smallest absolute Gasteiger partial charge is 0.125 e. The number of thioether (sulfide) groups is 1. The Labute approximate surface area is 88.6 Å². The molecule has 3 N–H and O–H groups in total. The Bertz CT molecular complexity index is 336. The van der Waals surface area contributed by atoms with Gasteiger partial charge in [0.1, 0.15) is 10.9 Å². The molecule has 0 saturated carbocycles. The van der Waals surface area contributed by atoms with E-state index in [1.807, 2.05) is 19.1 Å². The van der Waals surface area contributed by atoms with Gasteiger partial charge < -0.3 is 5.73 Å². The molecule has 0 unspecified atom stereocenters. The van der Waals surface area contributed by atoms with E-state index in [9.17, 15) is 0 Å². The van der Waals surface area contributed by atoms with E-state index < -0.39 is 0 Å². The van der Waals surface area contributed by atoms with Gasteiger partial charge in [0.2, 0.25) is 0 Å². The van der Waals surface area contributed by atoms with Crippen molar-refractivity contribution < 1.29 is 0 Å². The van der Waals surface area contributed by atoms with Gasteiger partial charge in [0.25, 0.3) is 0 Å². The summed E-state index contributed by atoms with van der Waals surface area (Å²) in [7, 11) is 0. The van der Waals surface area contributed by atoms with Crippen molar-refractivity contribution in [2.45, 2.75) is 25.3 Å². The Kier molecular flexibility index (Phi) is 3.95. The molecule has 0 spiro atoms. The monoisotopic (exact) mass is 209 g/mol. The molecule has 1 aromatic heterocycles. The van der Waals surface area contributed by atoms with Crippen molar-refractivity contribution in [2.75, 3.05) is 5.75 Å². The van der Waals surface area contributed by atoms with E-state index in [0.29, 0.717) is 0 Å². The summed E-state index contributed by atoms with van der Waals surface area (Å²) in [5.74, 6) is 1.10. The highest BCUT2D eigenvalue weighted by Crippen LogP contribution is 2.21. The minimum Gasteiger partial charge on any atom is -0.384 e. The number of nitrogens with one attached hydrogen (secondary N) is 1. The van der Waals surface area contributed by atoms with Crippen LogP contribution in [0.25, 0.3) is 0 Å². The maximum atomic E-state index is 7.41. The Balaban J connectivity index is 2.97. The van der Waals surface area contributed by atoms with E-state index in [1.54, 1.807) is 11.8 Å². The molecule has 14 heavy (non-hydrogen) atoms. The molecule has 0 aliphatic carbocycles. The van der Waals surface area contributed by atoms with Crippen molar-refractivity contribution in [3.8, 4) is 0 Å². The third kappa shape index (κ3) is 2.73. The van der Waals surface area contributed by atoms with E-state index in [0.717, 1.165) is 28.5 Å². The van der Waals surface area contributed by atoms with Gasteiger partial charge in [-0.15, -0.1) is 11.8 Å². The van der Waals surface area contributed by atoms with E-state index in [2.05, 4.69) is 11.9 Å². The van der Waals surface area contributed by atoms with Crippen molar-refractivity contribution in [3.05, 3.63) is 23.4 Å². The van der Waals surface area contributed by atoms with Gasteiger partial charge in [0.05, 0.1) is 0 Å². The zero-order valence-electron chi connectivity index (χ0n) is 8.50. The van der Waals surface area contributed by atoms with Crippen LogP contribution < -0.4 is 5.73 Å². The zero-order chi connectivity index (χ0) is 10.6. The van der Waals surface area contributed by atoms with Gasteiger partial charge >= 0.3 is 0 Å². The molecule has 1 aromatic rings. The lowest BCUT2D eigenvalue weighted by Crippen LogP contribution is -2.13. The average Bonchev–Trinajstić information content (AvgIpc) is 2.14. The average molecular weight is 209 g/mol. The number of nitrogens with zero attached hydrogens (tertiary/aromatic N) is 1. The van der Waals surface area contributed by atoms with E-state index in [1.165, 1.54) is 0 Å². The first-order chi connectivity index (χ1) is 6.65. The molecular formula is C10H15N3S. The van der Waals surface area contributed by atoms with Gasteiger partial charge in [0.15, 0.2) is 0 Å². The second-order valence-corrected chi connectivity index (χ2v) is 4.15. The summed E-state index contributed by atoms with van der Waals surface area (Å²) in [6, 6.07) is 3.75. The molecule has 1 rings (SSSR count). The highest BCUT2D eigenvalue weighted by molar-refractivity contribution is 7.99. The maximum Gasteiger partial charge on any atom is 0.125 e. The van der Waals surface area contributed by atoms with Crippen LogP contribution in [0.1, 0.15) is 24.6 Å². The van der Waals surface area contributed by atoms with Gasteiger partial charge in [0, 0.05) is 11.3 Å². The molecule has 76 valence electrons. The van der Waals surface area contributed by atoms with Crippen LogP contribution >= 0.6 is 11.8 Å². The number of rotatable bonds is 4. The minimum atomic E-state index is 0.0936. The third-order valence-corrected chi connectivity index (χ3v) is 2.93. The van der Waals surface area contributed by atoms with Gasteiger partial charge in [-0.25, -0.2) is 4.98 Å². The lowest BCUT2D eigenvalue weighted by atomic mass is 10.2. The molecule has 0 saturated heterocycles. The predicted molar refractivity (Wildman–Crippen MR) is 61.0 cm³/mol. The summed E-state index contributed by atoms with van der Waals surface area (Å²) in [5.41, 5.74) is 7.18. The van der Waals surface area contributed by atoms with E-state index in [4.69, 9.17) is 11.1 Å². The molecule has 0 amide bonds. The first-order valence-corrected chi connectivity index (χ1v) is 5.58. The minimum absolute atomic E-state index is 0.0936. The SMILES string of the molecule is CCCSc1nc(C)ccc1C(=N)N. The molecule has 0 aromatic carbocycles. The second-order valence-electron chi connectivity index (χ2n) is 3.07. The second kappa shape index (κ2) is 5.00. The predicted octanol–water partition coefficient (Wildman–Crippen LogP) is 2.18. The van der Waals surface area contributed by atoms with Crippen LogP contribution in [0.2, 0.25) is 0 Å². The molecule has 1 heterocycles. The van der Waals surface area contributed by atoms with Gasteiger partial charge in [-0.1, -0.05) is 6.92 Å². The van der Waals surface area contributed by atoms with E-state index >= 15 is 0 Å². The number of aryl methyl sites for hydroxylation is 1. The lowest BCUT2D eigenvalue weighted by molar-refractivity contribution is 1.04. The number of nitrogen functional groups attached to an aromatic ring is 1. The van der Waals surface area contributed by atoms with E-state index in [-0.39, 0.29) is 5.84 Å². The molecule has 0 aliphatic rings. The van der Waals surface area contributed by atoms with Crippen LogP contribution in [0.4, 0.5) is 0 Å². The Morgan fingerprint density at radius 1 is 1.57 bits per heavy atom. The standard InChI is InChI=1S/C10H15N3S/c1-3-6-14-10-8(9(11)12)5-4-7(2)13-10/h4-5H,3,6H2,1-2H3,(H3,11,12). The largest absolute Gasteiger partial charge is 0.384 e. The topological polar surface area (TPSA) is 62.8 Å². The fraction of sp³-hybridized carbons (Fsp3) is 0.400. The van der Waals surface area contributed by atoms with Gasteiger partial charge in [-0.05, 0) is 31.2 Å². The number of amidine groups is 1. The maximum absolute atomic E-state index is 7.41. The Morgan fingerprint density at radius 2 is 2.29 bits per heavy atom. The van der Waals surface area contributed by atoms with Crippen LogP contribution in [0.15, 0.2) is 17.2 Å². The molecule has 0 radical (unpaired) electrons. The lowest BCUT2D eigenvalue weighted by Gasteiger charge is -2.06. The number of aromatic nitrogens is 1. The number of hydrogen-bond acceptors (Lipinski definition) is 3. The van der Waals surface area contributed by atoms with Crippen molar-refractivity contribution >= 4 is 17.6 Å². The van der Waals surface area contributed by atoms with Crippen molar-refractivity contribution in [1.29, 1.82) is 5.41 Å². The molecule has 4 heteroatoms. The van der Waals surface area contributed by atoms with Crippen LogP contribution in [-0.2, 0) is 0 Å². The molecule has 3 nitrogen and oxygen atoms in total. The Hall–Kier alpha value is -1.03. The third-order valence-electron chi connectivity index (χ3n) is 1.73. The fourth-order valence-electron chi connectivity index (χ4n) is 1.05. The number of nitrogens with two attached hydrogens (primary N) is 1. The summed E-state index contributed by atoms with van der Waals surface area (Å²) in [6.07, 6.45) is 1.09. The molecule has 0 atom stereocenters. The quantitative estimate of drug-likeness (QED) is 0.454. The van der Waals surface area contributed by atoms with Crippen LogP contribution in [-0.4, -0.2) is 16.6 Å². The van der Waals surface area contributed by atoms with Gasteiger partial charge in [-0.3, -0.25) is 5.41 Å². The van der Waals surface area contributed by atoms with Gasteiger partial charge in [-0.2, -0.15) is 0 Å². The number of hydrogen-bond donors (Lipinski definition) is 2. The highest BCUT2D eigenvalue weighted by atomic mass is 32.2. The summed E-state index contributed by atoms with van der Waals surface area (Å²) >= 11 is 1.66. The molecule has 0 aliphatic heterocycles. The molecular weight excluding hydrogens is 194 g/mol.